The van der Waals surface area contributed by atoms with Gasteiger partial charge in [-0.2, -0.15) is 26.3 Å². The van der Waals surface area contributed by atoms with Gasteiger partial charge >= 0.3 is 12.4 Å². The summed E-state index contributed by atoms with van der Waals surface area (Å²) in [6.07, 6.45) is -10.0. The second-order valence-corrected chi connectivity index (χ2v) is 5.70. The normalized spacial score (nSPS) is 12.8. The molecule has 0 aliphatic rings. The van der Waals surface area contributed by atoms with E-state index in [1.165, 1.54) is 6.07 Å². The maximum atomic E-state index is 13.4. The molecule has 138 valence electrons. The summed E-state index contributed by atoms with van der Waals surface area (Å²) in [5.41, 5.74) is -3.01. The SMILES string of the molecule is FC(F)(F)c1cc(C(F)(F)F)c2ccc3nnc(-c4ccccc4)n3c2n1. The zero-order chi connectivity index (χ0) is 19.4. The van der Waals surface area contributed by atoms with Gasteiger partial charge in [0.05, 0.1) is 5.56 Å². The highest BCUT2D eigenvalue weighted by molar-refractivity contribution is 5.84. The van der Waals surface area contributed by atoms with E-state index in [0.717, 1.165) is 10.5 Å². The summed E-state index contributed by atoms with van der Waals surface area (Å²) in [6.45, 7) is 0. The van der Waals surface area contributed by atoms with Gasteiger partial charge in [0.2, 0.25) is 0 Å². The smallest absolute Gasteiger partial charge is 0.258 e. The third kappa shape index (κ3) is 2.86. The van der Waals surface area contributed by atoms with E-state index < -0.39 is 34.6 Å². The van der Waals surface area contributed by atoms with Crippen LogP contribution in [0.25, 0.3) is 28.1 Å². The molecule has 4 rings (SSSR count). The molecule has 1 aromatic carbocycles. The van der Waals surface area contributed by atoms with E-state index in [0.29, 0.717) is 5.56 Å². The number of halogens is 6. The number of nitrogens with zero attached hydrogens (tertiary/aromatic N) is 4. The molecule has 0 bridgehead atoms. The molecular formula is C17H8F6N4. The molecule has 10 heteroatoms. The highest BCUT2D eigenvalue weighted by Crippen LogP contribution is 2.39. The van der Waals surface area contributed by atoms with Gasteiger partial charge in [0.25, 0.3) is 0 Å². The second kappa shape index (κ2) is 5.66. The van der Waals surface area contributed by atoms with E-state index in [9.17, 15) is 26.3 Å². The largest absolute Gasteiger partial charge is 0.433 e. The fourth-order valence-corrected chi connectivity index (χ4v) is 2.80. The lowest BCUT2D eigenvalue weighted by molar-refractivity contribution is -0.144. The van der Waals surface area contributed by atoms with Crippen LogP contribution in [0.4, 0.5) is 26.3 Å². The molecule has 3 heterocycles. The van der Waals surface area contributed by atoms with Gasteiger partial charge in [-0.15, -0.1) is 10.2 Å². The van der Waals surface area contributed by atoms with Crippen LogP contribution in [0.1, 0.15) is 11.3 Å². The van der Waals surface area contributed by atoms with Crippen LogP contribution in [0.15, 0.2) is 48.5 Å². The average molecular weight is 382 g/mol. The molecule has 27 heavy (non-hydrogen) atoms. The average Bonchev–Trinajstić information content (AvgIpc) is 3.04. The lowest BCUT2D eigenvalue weighted by Crippen LogP contribution is -2.14. The van der Waals surface area contributed by atoms with Crippen molar-refractivity contribution in [3.8, 4) is 11.4 Å². The van der Waals surface area contributed by atoms with E-state index in [1.54, 1.807) is 30.3 Å². The molecule has 0 saturated carbocycles. The lowest BCUT2D eigenvalue weighted by atomic mass is 10.1. The van der Waals surface area contributed by atoms with Crippen molar-refractivity contribution in [2.45, 2.75) is 12.4 Å². The summed E-state index contributed by atoms with van der Waals surface area (Å²) in [5.74, 6) is 0.0937. The molecule has 0 aliphatic carbocycles. The van der Waals surface area contributed by atoms with Gasteiger partial charge in [0.1, 0.15) is 11.3 Å². The second-order valence-electron chi connectivity index (χ2n) is 5.70. The predicted octanol–water partition coefficient (Wildman–Crippen LogP) is 4.98. The van der Waals surface area contributed by atoms with Gasteiger partial charge in [0.15, 0.2) is 11.5 Å². The molecule has 0 atom stereocenters. The Kier molecular flexibility index (Phi) is 3.62. The molecule has 3 aromatic heterocycles. The van der Waals surface area contributed by atoms with Gasteiger partial charge in [-0.3, -0.25) is 4.40 Å². The van der Waals surface area contributed by atoms with Crippen LogP contribution in [0.2, 0.25) is 0 Å². The number of pyridine rings is 2. The monoisotopic (exact) mass is 382 g/mol. The zero-order valence-corrected chi connectivity index (χ0v) is 13.2. The van der Waals surface area contributed by atoms with Crippen LogP contribution in [-0.4, -0.2) is 19.6 Å². The Morgan fingerprint density at radius 3 is 2.11 bits per heavy atom. The summed E-state index contributed by atoms with van der Waals surface area (Å²) >= 11 is 0. The first-order valence-electron chi connectivity index (χ1n) is 7.55. The number of aromatic nitrogens is 4. The maximum Gasteiger partial charge on any atom is 0.433 e. The van der Waals surface area contributed by atoms with E-state index in [-0.39, 0.29) is 17.5 Å². The fourth-order valence-electron chi connectivity index (χ4n) is 2.80. The minimum Gasteiger partial charge on any atom is -0.258 e. The maximum absolute atomic E-state index is 13.4. The molecule has 0 fully saturated rings. The van der Waals surface area contributed by atoms with Crippen LogP contribution >= 0.6 is 0 Å². The van der Waals surface area contributed by atoms with Gasteiger partial charge < -0.3 is 0 Å². The minimum atomic E-state index is -5.04. The molecule has 0 amide bonds. The Bertz CT molecular complexity index is 1150. The Morgan fingerprint density at radius 2 is 1.48 bits per heavy atom. The molecule has 4 nitrogen and oxygen atoms in total. The molecule has 0 saturated heterocycles. The van der Waals surface area contributed by atoms with Crippen LogP contribution in [-0.2, 0) is 12.4 Å². The number of benzene rings is 1. The molecule has 0 spiro atoms. The fraction of sp³-hybridized carbons (Fsp3) is 0.118. The van der Waals surface area contributed by atoms with Crippen molar-refractivity contribution in [3.63, 3.8) is 0 Å². The van der Waals surface area contributed by atoms with Crippen LogP contribution in [0.5, 0.6) is 0 Å². The summed E-state index contributed by atoms with van der Waals surface area (Å²) in [5, 5.41) is 7.28. The summed E-state index contributed by atoms with van der Waals surface area (Å²) in [4.78, 5) is 3.47. The van der Waals surface area contributed by atoms with E-state index in [4.69, 9.17) is 0 Å². The first-order valence-corrected chi connectivity index (χ1v) is 7.55. The quantitative estimate of drug-likeness (QED) is 0.436. The topological polar surface area (TPSA) is 43.1 Å². The number of rotatable bonds is 1. The highest BCUT2D eigenvalue weighted by Gasteiger charge is 2.39. The molecule has 0 N–H and O–H groups in total. The van der Waals surface area contributed by atoms with Crippen molar-refractivity contribution in [1.82, 2.24) is 19.6 Å². The summed E-state index contributed by atoms with van der Waals surface area (Å²) in [7, 11) is 0. The van der Waals surface area contributed by atoms with Gasteiger partial charge in [0, 0.05) is 10.9 Å². The van der Waals surface area contributed by atoms with Crippen LogP contribution in [0, 0.1) is 0 Å². The van der Waals surface area contributed by atoms with Crippen molar-refractivity contribution in [2.24, 2.45) is 0 Å². The van der Waals surface area contributed by atoms with Gasteiger partial charge in [-0.1, -0.05) is 30.3 Å². The highest BCUT2D eigenvalue weighted by atomic mass is 19.4. The zero-order valence-electron chi connectivity index (χ0n) is 13.2. The minimum absolute atomic E-state index is 0.0146. The van der Waals surface area contributed by atoms with Crippen molar-refractivity contribution >= 4 is 16.7 Å². The number of hydrogen-bond acceptors (Lipinski definition) is 3. The van der Waals surface area contributed by atoms with Crippen molar-refractivity contribution in [3.05, 3.63) is 59.8 Å². The Balaban J connectivity index is 2.17. The first kappa shape index (κ1) is 17.3. The lowest BCUT2D eigenvalue weighted by Gasteiger charge is -2.15. The Hall–Kier alpha value is -3.17. The van der Waals surface area contributed by atoms with E-state index >= 15 is 0 Å². The molecule has 0 aliphatic heterocycles. The van der Waals surface area contributed by atoms with Crippen molar-refractivity contribution in [1.29, 1.82) is 0 Å². The third-order valence-corrected chi connectivity index (χ3v) is 3.97. The van der Waals surface area contributed by atoms with Crippen LogP contribution < -0.4 is 0 Å². The number of alkyl halides is 6. The summed E-state index contributed by atoms with van der Waals surface area (Å²) in [6, 6.07) is 10.6. The van der Waals surface area contributed by atoms with Crippen LogP contribution in [0.3, 0.4) is 0 Å². The molecule has 4 aromatic rings. The Morgan fingerprint density at radius 1 is 0.778 bits per heavy atom. The van der Waals surface area contributed by atoms with Crippen molar-refractivity contribution in [2.75, 3.05) is 0 Å². The predicted molar refractivity (Wildman–Crippen MR) is 83.7 cm³/mol. The number of fused-ring (bicyclic) bond motifs is 3. The standard InChI is InChI=1S/C17H8F6N4/c18-16(19,20)11-8-12(17(21,22)23)24-15-10(11)6-7-13-25-26-14(27(13)15)9-4-2-1-3-5-9/h1-8H. The van der Waals surface area contributed by atoms with Crippen molar-refractivity contribution < 1.29 is 26.3 Å². The van der Waals surface area contributed by atoms with Gasteiger partial charge in [-0.05, 0) is 18.2 Å². The third-order valence-electron chi connectivity index (χ3n) is 3.97. The first-order chi connectivity index (χ1) is 12.7. The molecule has 0 radical (unpaired) electrons. The van der Waals surface area contributed by atoms with Gasteiger partial charge in [-0.25, -0.2) is 4.98 Å². The summed E-state index contributed by atoms with van der Waals surface area (Å²) < 4.78 is 80.8. The Labute approximate surface area is 147 Å². The van der Waals surface area contributed by atoms with E-state index in [2.05, 4.69) is 15.2 Å². The molecule has 0 unspecified atom stereocenters. The molecular weight excluding hydrogens is 374 g/mol. The van der Waals surface area contributed by atoms with E-state index in [1.807, 2.05) is 0 Å². The number of hydrogen-bond donors (Lipinski definition) is 0.